The van der Waals surface area contributed by atoms with Crippen molar-refractivity contribution in [3.63, 3.8) is 0 Å². The number of nitrogens with zero attached hydrogens (tertiary/aromatic N) is 5. The molecule has 10 nitrogen and oxygen atoms in total. The zero-order valence-electron chi connectivity index (χ0n) is 16.2. The second-order valence-electron chi connectivity index (χ2n) is 7.12. The van der Waals surface area contributed by atoms with Crippen molar-refractivity contribution in [3.8, 4) is 0 Å². The summed E-state index contributed by atoms with van der Waals surface area (Å²) < 4.78 is 7.32. The van der Waals surface area contributed by atoms with Crippen LogP contribution in [0.4, 0.5) is 17.5 Å². The minimum Gasteiger partial charge on any atom is -0.379 e. The molecule has 0 saturated carbocycles. The first-order valence-electron chi connectivity index (χ1n) is 9.80. The summed E-state index contributed by atoms with van der Waals surface area (Å²) in [5.41, 5.74) is 6.35. The predicted octanol–water partition coefficient (Wildman–Crippen LogP) is 0.701. The van der Waals surface area contributed by atoms with Gasteiger partial charge in [-0.05, 0) is 12.1 Å². The standard InChI is InChI=1S/C20H21N7O3/c21-17(29)15-16(28)14-12-23-20(24-18(14)26-7-6-22-19(15)26)27(13-4-2-1-3-5-13)25-8-10-30-11-9-25/h1-5,12,22H,6-11H2,(H2,21,29). The van der Waals surface area contributed by atoms with Crippen LogP contribution in [-0.2, 0) is 11.3 Å². The van der Waals surface area contributed by atoms with Crippen molar-refractivity contribution in [3.05, 3.63) is 52.3 Å². The van der Waals surface area contributed by atoms with Crippen LogP contribution in [0.1, 0.15) is 10.4 Å². The number of fused-ring (bicyclic) bond motifs is 3. The fraction of sp³-hybridized carbons (Fsp3) is 0.300. The molecule has 0 radical (unpaired) electrons. The molecule has 2 aromatic heterocycles. The highest BCUT2D eigenvalue weighted by atomic mass is 16.5. The van der Waals surface area contributed by atoms with Gasteiger partial charge in [-0.2, -0.15) is 4.98 Å². The Bertz CT molecular complexity index is 1170. The van der Waals surface area contributed by atoms with Crippen LogP contribution in [0.3, 0.4) is 0 Å². The Labute approximate surface area is 171 Å². The number of carbonyl (C=O) groups is 1. The Morgan fingerprint density at radius 2 is 1.93 bits per heavy atom. The molecule has 1 saturated heterocycles. The average Bonchev–Trinajstić information content (AvgIpc) is 3.25. The van der Waals surface area contributed by atoms with Crippen LogP contribution in [0.25, 0.3) is 11.0 Å². The van der Waals surface area contributed by atoms with Gasteiger partial charge in [0.2, 0.25) is 11.4 Å². The molecule has 1 fully saturated rings. The summed E-state index contributed by atoms with van der Waals surface area (Å²) in [5, 5.41) is 7.43. The van der Waals surface area contributed by atoms with Crippen LogP contribution >= 0.6 is 0 Å². The highest BCUT2D eigenvalue weighted by molar-refractivity contribution is 6.01. The number of hydrogen-bond acceptors (Lipinski definition) is 8. The van der Waals surface area contributed by atoms with E-state index in [-0.39, 0.29) is 10.9 Å². The van der Waals surface area contributed by atoms with Gasteiger partial charge in [0.05, 0.1) is 24.3 Å². The molecule has 4 heterocycles. The van der Waals surface area contributed by atoms with Gasteiger partial charge in [0.1, 0.15) is 11.4 Å². The maximum absolute atomic E-state index is 12.9. The smallest absolute Gasteiger partial charge is 0.256 e. The molecule has 1 amide bonds. The second-order valence-corrected chi connectivity index (χ2v) is 7.12. The van der Waals surface area contributed by atoms with Crippen LogP contribution in [0.2, 0.25) is 0 Å². The van der Waals surface area contributed by atoms with Gasteiger partial charge in [0, 0.05) is 32.4 Å². The fourth-order valence-electron chi connectivity index (χ4n) is 3.96. The molecule has 3 N–H and O–H groups in total. The molecule has 5 rings (SSSR count). The molecule has 154 valence electrons. The Hall–Kier alpha value is -3.50. The van der Waals surface area contributed by atoms with Crippen molar-refractivity contribution in [2.24, 2.45) is 5.73 Å². The first kappa shape index (κ1) is 18.5. The summed E-state index contributed by atoms with van der Waals surface area (Å²) in [7, 11) is 0. The number of para-hydroxylation sites is 1. The molecular weight excluding hydrogens is 386 g/mol. The number of morpholine rings is 1. The van der Waals surface area contributed by atoms with E-state index in [2.05, 4.69) is 15.3 Å². The predicted molar refractivity (Wildman–Crippen MR) is 112 cm³/mol. The molecule has 3 aromatic rings. The number of nitrogens with one attached hydrogen (secondary N) is 1. The van der Waals surface area contributed by atoms with E-state index in [1.165, 1.54) is 6.20 Å². The first-order chi connectivity index (χ1) is 14.6. The van der Waals surface area contributed by atoms with Crippen molar-refractivity contribution in [2.75, 3.05) is 43.2 Å². The maximum Gasteiger partial charge on any atom is 0.256 e. The highest BCUT2D eigenvalue weighted by Gasteiger charge is 2.27. The Morgan fingerprint density at radius 1 is 1.17 bits per heavy atom. The van der Waals surface area contributed by atoms with Gasteiger partial charge in [-0.1, -0.05) is 18.2 Å². The summed E-state index contributed by atoms with van der Waals surface area (Å²) in [6.45, 7) is 3.76. The van der Waals surface area contributed by atoms with Gasteiger partial charge < -0.3 is 20.4 Å². The lowest BCUT2D eigenvalue weighted by molar-refractivity contribution is 0.0372. The quantitative estimate of drug-likeness (QED) is 0.649. The molecule has 30 heavy (non-hydrogen) atoms. The number of primary amides is 1. The number of nitrogens with two attached hydrogens (primary N) is 1. The zero-order chi connectivity index (χ0) is 20.7. The molecule has 0 bridgehead atoms. The van der Waals surface area contributed by atoms with E-state index < -0.39 is 11.3 Å². The summed E-state index contributed by atoms with van der Waals surface area (Å²) in [4.78, 5) is 34.1. The van der Waals surface area contributed by atoms with Crippen molar-refractivity contribution < 1.29 is 9.53 Å². The molecular formula is C20H21N7O3. The third-order valence-electron chi connectivity index (χ3n) is 5.32. The van der Waals surface area contributed by atoms with Gasteiger partial charge >= 0.3 is 0 Å². The minimum atomic E-state index is -0.761. The van der Waals surface area contributed by atoms with Gasteiger partial charge in [-0.3, -0.25) is 9.59 Å². The third kappa shape index (κ3) is 2.97. The van der Waals surface area contributed by atoms with E-state index in [1.807, 2.05) is 39.9 Å². The number of anilines is 3. The Morgan fingerprint density at radius 3 is 2.67 bits per heavy atom. The molecule has 2 aliphatic heterocycles. The van der Waals surface area contributed by atoms with Crippen molar-refractivity contribution in [1.29, 1.82) is 0 Å². The van der Waals surface area contributed by atoms with E-state index in [0.29, 0.717) is 56.8 Å². The number of rotatable bonds is 4. The van der Waals surface area contributed by atoms with Crippen LogP contribution in [0.15, 0.2) is 41.3 Å². The second kappa shape index (κ2) is 7.39. The Kier molecular flexibility index (Phi) is 4.57. The van der Waals surface area contributed by atoms with E-state index in [0.717, 1.165) is 5.69 Å². The Balaban J connectivity index is 1.70. The maximum atomic E-state index is 12.9. The molecule has 10 heteroatoms. The average molecular weight is 407 g/mol. The fourth-order valence-corrected chi connectivity index (χ4v) is 3.96. The molecule has 2 aliphatic rings. The van der Waals surface area contributed by atoms with Crippen LogP contribution in [0, 0.1) is 0 Å². The van der Waals surface area contributed by atoms with Gasteiger partial charge in [-0.15, -0.1) is 0 Å². The van der Waals surface area contributed by atoms with Crippen LogP contribution < -0.4 is 21.5 Å². The number of pyridine rings is 1. The monoisotopic (exact) mass is 407 g/mol. The number of ether oxygens (including phenoxy) is 1. The highest BCUT2D eigenvalue weighted by Crippen LogP contribution is 2.28. The number of amides is 1. The summed E-state index contributed by atoms with van der Waals surface area (Å²) >= 11 is 0. The first-order valence-corrected chi connectivity index (χ1v) is 9.80. The van der Waals surface area contributed by atoms with Gasteiger partial charge in [0.25, 0.3) is 5.91 Å². The van der Waals surface area contributed by atoms with Crippen molar-refractivity contribution >= 4 is 34.4 Å². The molecule has 1 aromatic carbocycles. The topological polar surface area (TPSA) is 119 Å². The normalized spacial score (nSPS) is 16.3. The lowest BCUT2D eigenvalue weighted by Gasteiger charge is -2.37. The SMILES string of the molecule is NC(=O)c1c2n(c3nc(N(c4ccccc4)N4CCOCC4)ncc3c1=O)CCN2. The zero-order valence-corrected chi connectivity index (χ0v) is 16.2. The van der Waals surface area contributed by atoms with Crippen molar-refractivity contribution in [2.45, 2.75) is 6.54 Å². The number of hydrazine groups is 1. The number of hydrogen-bond donors (Lipinski definition) is 2. The number of benzene rings is 1. The third-order valence-corrected chi connectivity index (χ3v) is 5.32. The molecule has 0 atom stereocenters. The van der Waals surface area contributed by atoms with E-state index in [4.69, 9.17) is 15.5 Å². The molecule has 0 aliphatic carbocycles. The molecule has 0 spiro atoms. The van der Waals surface area contributed by atoms with Gasteiger partial charge in [-0.25, -0.2) is 15.0 Å². The lowest BCUT2D eigenvalue weighted by atomic mass is 10.2. The summed E-state index contributed by atoms with van der Waals surface area (Å²) in [6, 6.07) is 9.82. The van der Waals surface area contributed by atoms with Crippen LogP contribution in [-0.4, -0.2) is 58.3 Å². The van der Waals surface area contributed by atoms with Gasteiger partial charge in [0.15, 0.2) is 5.65 Å². The summed E-state index contributed by atoms with van der Waals surface area (Å²) in [5.74, 6) is 0.106. The number of aromatic nitrogens is 3. The van der Waals surface area contributed by atoms with E-state index in [9.17, 15) is 9.59 Å². The summed E-state index contributed by atoms with van der Waals surface area (Å²) in [6.07, 6.45) is 1.48. The van der Waals surface area contributed by atoms with E-state index >= 15 is 0 Å². The van der Waals surface area contributed by atoms with Crippen LogP contribution in [0.5, 0.6) is 0 Å². The lowest BCUT2D eigenvalue weighted by Crippen LogP contribution is -2.47. The molecule has 0 unspecified atom stereocenters. The largest absolute Gasteiger partial charge is 0.379 e. The van der Waals surface area contributed by atoms with E-state index in [1.54, 1.807) is 0 Å². The minimum absolute atomic E-state index is 0.0514. The number of carbonyl (C=O) groups excluding carboxylic acids is 1. The van der Waals surface area contributed by atoms with Crippen molar-refractivity contribution in [1.82, 2.24) is 19.5 Å².